The summed E-state index contributed by atoms with van der Waals surface area (Å²) in [6.07, 6.45) is 1.61. The molecule has 5 aromatic rings. The van der Waals surface area contributed by atoms with Crippen LogP contribution in [-0.2, 0) is 9.59 Å². The van der Waals surface area contributed by atoms with Crippen LogP contribution in [-0.4, -0.2) is 33.9 Å². The molecule has 0 saturated heterocycles. The van der Waals surface area contributed by atoms with Crippen molar-refractivity contribution in [1.82, 2.24) is 5.32 Å². The Morgan fingerprint density at radius 2 is 1.43 bits per heavy atom. The molecule has 0 radical (unpaired) electrons. The molecular formula is C35H27N3O6S2. The summed E-state index contributed by atoms with van der Waals surface area (Å²) in [6, 6.07) is 32.1. The number of amides is 3. The number of thioether (sulfide) groups is 1. The van der Waals surface area contributed by atoms with Gasteiger partial charge in [-0.2, -0.15) is 0 Å². The summed E-state index contributed by atoms with van der Waals surface area (Å²) in [5.41, 5.74) is 1.59. The first-order valence-corrected chi connectivity index (χ1v) is 15.6. The normalized spacial score (nSPS) is 11.7. The van der Waals surface area contributed by atoms with Gasteiger partial charge in [-0.1, -0.05) is 54.6 Å². The lowest BCUT2D eigenvalue weighted by Gasteiger charge is -2.18. The maximum atomic E-state index is 13.5. The largest absolute Gasteiger partial charge is 0.507 e. The first-order valence-electron chi connectivity index (χ1n) is 13.9. The number of phenols is 1. The molecule has 1 aromatic heterocycles. The number of benzene rings is 4. The molecule has 0 spiro atoms. The molecule has 1 atom stereocenters. The highest BCUT2D eigenvalue weighted by Gasteiger charge is 2.23. The highest BCUT2D eigenvalue weighted by Crippen LogP contribution is 2.37. The van der Waals surface area contributed by atoms with Crippen LogP contribution < -0.4 is 16.0 Å². The Balaban J connectivity index is 1.31. The van der Waals surface area contributed by atoms with Crippen LogP contribution in [0.15, 0.2) is 131 Å². The minimum atomic E-state index is -1.32. The van der Waals surface area contributed by atoms with Gasteiger partial charge < -0.3 is 26.2 Å². The zero-order valence-electron chi connectivity index (χ0n) is 24.0. The smallest absolute Gasteiger partial charge is 0.339 e. The second-order valence-corrected chi connectivity index (χ2v) is 12.0. The van der Waals surface area contributed by atoms with E-state index in [9.17, 15) is 29.4 Å². The van der Waals surface area contributed by atoms with E-state index in [1.807, 2.05) is 47.8 Å². The number of nitrogens with one attached hydrogen (secondary N) is 3. The highest BCUT2D eigenvalue weighted by molar-refractivity contribution is 8.00. The third-order valence-electron chi connectivity index (χ3n) is 6.56. The number of thiophene rings is 1. The number of aromatic carboxylic acids is 1. The Morgan fingerprint density at radius 1 is 0.761 bits per heavy atom. The van der Waals surface area contributed by atoms with E-state index < -0.39 is 34.7 Å². The van der Waals surface area contributed by atoms with Gasteiger partial charge in [0.15, 0.2) is 0 Å². The zero-order chi connectivity index (χ0) is 32.5. The van der Waals surface area contributed by atoms with Crippen LogP contribution in [0.1, 0.15) is 36.4 Å². The average molecular weight is 650 g/mol. The van der Waals surface area contributed by atoms with E-state index in [0.29, 0.717) is 11.3 Å². The molecule has 0 aliphatic rings. The van der Waals surface area contributed by atoms with Gasteiger partial charge in [-0.15, -0.1) is 23.1 Å². The molecule has 46 heavy (non-hydrogen) atoms. The summed E-state index contributed by atoms with van der Waals surface area (Å²) in [5.74, 6) is -3.04. The molecule has 9 nitrogen and oxygen atoms in total. The van der Waals surface area contributed by atoms with E-state index in [4.69, 9.17) is 0 Å². The van der Waals surface area contributed by atoms with E-state index in [1.165, 1.54) is 41.3 Å². The van der Waals surface area contributed by atoms with Crippen LogP contribution >= 0.6 is 23.1 Å². The van der Waals surface area contributed by atoms with Gasteiger partial charge >= 0.3 is 5.97 Å². The minimum absolute atomic E-state index is 0.0795. The topological polar surface area (TPSA) is 145 Å². The summed E-state index contributed by atoms with van der Waals surface area (Å²) in [5, 5.41) is 28.6. The molecule has 0 saturated carbocycles. The van der Waals surface area contributed by atoms with Crippen molar-refractivity contribution in [3.8, 4) is 5.75 Å². The lowest BCUT2D eigenvalue weighted by Crippen LogP contribution is -2.30. The number of carbonyl (C=O) groups is 4. The van der Waals surface area contributed by atoms with Gasteiger partial charge in [0.1, 0.15) is 22.3 Å². The first kappa shape index (κ1) is 31.8. The van der Waals surface area contributed by atoms with Crippen molar-refractivity contribution in [3.05, 3.63) is 148 Å². The summed E-state index contributed by atoms with van der Waals surface area (Å²) in [4.78, 5) is 52.6. The van der Waals surface area contributed by atoms with E-state index >= 15 is 0 Å². The van der Waals surface area contributed by atoms with Gasteiger partial charge in [-0.05, 0) is 77.7 Å². The van der Waals surface area contributed by atoms with E-state index in [2.05, 4.69) is 16.0 Å². The number of hydrogen-bond donors (Lipinski definition) is 5. The van der Waals surface area contributed by atoms with E-state index in [-0.39, 0.29) is 16.9 Å². The van der Waals surface area contributed by atoms with Crippen LogP contribution in [0.25, 0.3) is 6.08 Å². The first-order chi connectivity index (χ1) is 22.3. The lowest BCUT2D eigenvalue weighted by molar-refractivity contribution is -0.116. The standard InChI is InChI=1S/C35H27N3O6S2/c39-30-18-15-25(20-28(30)35(43)44)37-34(42)31(22-8-3-1-4-9-22)46-26-16-13-24(14-17-26)36-33(41)29(21-27-12-7-19-45-27)38-32(40)23-10-5-2-6-11-23/h1-21,31,39H,(H,36,41)(H,37,42)(H,38,40)(H,43,44)/b29-21-. The van der Waals surface area contributed by atoms with Crippen LogP contribution in [0, 0.1) is 0 Å². The Labute approximate surface area is 272 Å². The molecule has 0 aliphatic carbocycles. The van der Waals surface area contributed by atoms with Gasteiger partial charge in [0.2, 0.25) is 5.91 Å². The number of aromatic hydroxyl groups is 1. The van der Waals surface area contributed by atoms with Crippen LogP contribution in [0.3, 0.4) is 0 Å². The van der Waals surface area contributed by atoms with Crippen molar-refractivity contribution in [1.29, 1.82) is 0 Å². The molecule has 1 unspecified atom stereocenters. The van der Waals surface area contributed by atoms with E-state index in [0.717, 1.165) is 15.3 Å². The van der Waals surface area contributed by atoms with Crippen LogP contribution in [0.2, 0.25) is 0 Å². The number of hydrogen-bond acceptors (Lipinski definition) is 7. The Morgan fingerprint density at radius 3 is 2.09 bits per heavy atom. The number of rotatable bonds is 11. The van der Waals surface area contributed by atoms with Crippen LogP contribution in [0.4, 0.5) is 11.4 Å². The number of carboxylic acids is 1. The SMILES string of the molecule is O=C(Nc1ccc(SC(C(=O)Nc2ccc(O)c(C(=O)O)c2)c2ccccc2)cc1)/C(=C/c1cccs1)NC(=O)c1ccccc1. The molecular weight excluding hydrogens is 623 g/mol. The van der Waals surface area contributed by atoms with Gasteiger partial charge in [-0.3, -0.25) is 14.4 Å². The van der Waals surface area contributed by atoms with Crippen LogP contribution in [0.5, 0.6) is 5.75 Å². The van der Waals surface area contributed by atoms with Crippen molar-refractivity contribution in [2.45, 2.75) is 10.1 Å². The van der Waals surface area contributed by atoms with Gasteiger partial charge in [-0.25, -0.2) is 4.79 Å². The second kappa shape index (κ2) is 14.9. The molecule has 5 rings (SSSR count). The fraction of sp³-hybridized carbons (Fsp3) is 0.0286. The van der Waals surface area contributed by atoms with E-state index in [1.54, 1.807) is 60.7 Å². The monoisotopic (exact) mass is 649 g/mol. The Bertz CT molecular complexity index is 1880. The second-order valence-electron chi connectivity index (χ2n) is 9.81. The average Bonchev–Trinajstić information content (AvgIpc) is 3.59. The summed E-state index contributed by atoms with van der Waals surface area (Å²) in [7, 11) is 0. The third kappa shape index (κ3) is 8.29. The molecule has 4 aromatic carbocycles. The quantitative estimate of drug-likeness (QED) is 0.0587. The Kier molecular flexibility index (Phi) is 10.3. The molecule has 0 bridgehead atoms. The third-order valence-corrected chi connectivity index (χ3v) is 8.65. The number of anilines is 2. The zero-order valence-corrected chi connectivity index (χ0v) is 25.7. The number of carboxylic acid groups (broad SMARTS) is 1. The molecule has 0 aliphatic heterocycles. The molecule has 1 heterocycles. The van der Waals surface area contributed by atoms with Crippen molar-refractivity contribution >= 4 is 64.2 Å². The minimum Gasteiger partial charge on any atom is -0.507 e. The maximum Gasteiger partial charge on any atom is 0.339 e. The highest BCUT2D eigenvalue weighted by atomic mass is 32.2. The van der Waals surface area contributed by atoms with Crippen molar-refractivity contribution in [3.63, 3.8) is 0 Å². The van der Waals surface area contributed by atoms with Crippen molar-refractivity contribution in [2.75, 3.05) is 10.6 Å². The molecule has 11 heteroatoms. The molecule has 5 N–H and O–H groups in total. The summed E-state index contributed by atoms with van der Waals surface area (Å²) in [6.45, 7) is 0. The maximum absolute atomic E-state index is 13.5. The predicted octanol–water partition coefficient (Wildman–Crippen LogP) is 7.03. The van der Waals surface area contributed by atoms with Crippen molar-refractivity contribution in [2.24, 2.45) is 0 Å². The van der Waals surface area contributed by atoms with Gasteiger partial charge in [0, 0.05) is 26.7 Å². The predicted molar refractivity (Wildman–Crippen MR) is 180 cm³/mol. The molecule has 230 valence electrons. The Hall–Kier alpha value is -5.65. The lowest BCUT2D eigenvalue weighted by atomic mass is 10.1. The summed E-state index contributed by atoms with van der Waals surface area (Å²) >= 11 is 2.70. The molecule has 0 fully saturated rings. The van der Waals surface area contributed by atoms with Gasteiger partial charge in [0.05, 0.1) is 0 Å². The fourth-order valence-corrected chi connectivity index (χ4v) is 5.98. The molecule has 3 amide bonds. The summed E-state index contributed by atoms with van der Waals surface area (Å²) < 4.78 is 0. The number of carbonyl (C=O) groups excluding carboxylic acids is 3. The fourth-order valence-electron chi connectivity index (χ4n) is 4.30. The van der Waals surface area contributed by atoms with Crippen molar-refractivity contribution < 1.29 is 29.4 Å². The van der Waals surface area contributed by atoms with Gasteiger partial charge in [0.25, 0.3) is 11.8 Å².